The van der Waals surface area contributed by atoms with E-state index in [1.54, 1.807) is 24.3 Å². The van der Waals surface area contributed by atoms with Gasteiger partial charge in [0.2, 0.25) is 0 Å². The fraction of sp³-hybridized carbons (Fsp3) is 0.333. The summed E-state index contributed by atoms with van der Waals surface area (Å²) in [7, 11) is 0. The number of halogens is 3. The zero-order chi connectivity index (χ0) is 28.0. The lowest BCUT2D eigenvalue weighted by Crippen LogP contribution is -2.32. The van der Waals surface area contributed by atoms with Gasteiger partial charge in [0.15, 0.2) is 0 Å². The number of para-hydroxylation sites is 1. The molecule has 1 N–H and O–H groups in total. The quantitative estimate of drug-likeness (QED) is 0.254. The molecule has 38 heavy (non-hydrogen) atoms. The molecule has 1 fully saturated rings. The first-order valence-corrected chi connectivity index (χ1v) is 12.6. The monoisotopic (exact) mass is 526 g/mol. The number of carboxylic acid groups (broad SMARTS) is 1. The Morgan fingerprint density at radius 3 is 2.16 bits per heavy atom. The Morgan fingerprint density at radius 2 is 1.55 bits per heavy atom. The van der Waals surface area contributed by atoms with Crippen LogP contribution in [0, 0.1) is 0 Å². The Labute approximate surface area is 221 Å². The highest BCUT2D eigenvalue weighted by Gasteiger charge is 2.34. The number of hydrogen-bond acceptors (Lipinski definition) is 3. The van der Waals surface area contributed by atoms with E-state index in [1.165, 1.54) is 17.0 Å². The van der Waals surface area contributed by atoms with Crippen LogP contribution in [0.2, 0.25) is 0 Å². The van der Waals surface area contributed by atoms with Gasteiger partial charge < -0.3 is 14.7 Å². The van der Waals surface area contributed by atoms with Crippen molar-refractivity contribution >= 4 is 11.9 Å². The summed E-state index contributed by atoms with van der Waals surface area (Å²) in [6.45, 7) is 0.611. The summed E-state index contributed by atoms with van der Waals surface area (Å²) >= 11 is 0. The number of rotatable bonds is 12. The molecule has 1 amide bonds. The molecule has 8 heteroatoms. The number of aliphatic carboxylic acids is 1. The molecule has 0 atom stereocenters. The number of hydrogen-bond donors (Lipinski definition) is 1. The Hall–Kier alpha value is -3.81. The van der Waals surface area contributed by atoms with Crippen LogP contribution in [0.3, 0.4) is 0 Å². The van der Waals surface area contributed by atoms with Crippen LogP contribution >= 0.6 is 0 Å². The van der Waals surface area contributed by atoms with Crippen molar-refractivity contribution in [3.8, 4) is 16.9 Å². The van der Waals surface area contributed by atoms with Crippen molar-refractivity contribution in [2.75, 3.05) is 6.61 Å². The number of ether oxygens (including phenoxy) is 1. The number of unbranched alkanes of at least 4 members (excludes halogenated alkanes) is 2. The molecule has 4 rings (SSSR count). The lowest BCUT2D eigenvalue weighted by molar-refractivity contribution is -0.138. The third-order valence-corrected chi connectivity index (χ3v) is 6.37. The van der Waals surface area contributed by atoms with E-state index in [4.69, 9.17) is 11.2 Å². The molecule has 0 aromatic heterocycles. The van der Waals surface area contributed by atoms with Crippen molar-refractivity contribution in [2.24, 2.45) is 0 Å². The van der Waals surface area contributed by atoms with Crippen molar-refractivity contribution in [3.63, 3.8) is 0 Å². The molecule has 0 saturated heterocycles. The van der Waals surface area contributed by atoms with Gasteiger partial charge in [-0.2, -0.15) is 13.2 Å². The van der Waals surface area contributed by atoms with Gasteiger partial charge in [0.25, 0.3) is 5.91 Å². The average Bonchev–Trinajstić information content (AvgIpc) is 3.67. The van der Waals surface area contributed by atoms with Crippen LogP contribution in [0.5, 0.6) is 5.75 Å². The van der Waals surface area contributed by atoms with Crippen LogP contribution in [0.15, 0.2) is 72.8 Å². The van der Waals surface area contributed by atoms with Crippen LogP contribution in [-0.2, 0) is 17.5 Å². The van der Waals surface area contributed by atoms with Gasteiger partial charge in [-0.3, -0.25) is 9.59 Å². The minimum absolute atomic E-state index is 0.130. The van der Waals surface area contributed by atoms with Gasteiger partial charge in [-0.05, 0) is 73.6 Å². The van der Waals surface area contributed by atoms with Crippen LogP contribution < -0.4 is 4.74 Å². The number of alkyl halides is 3. The third-order valence-electron chi connectivity index (χ3n) is 6.37. The number of carbonyl (C=O) groups excluding carboxylic acids is 1. The molecule has 0 radical (unpaired) electrons. The van der Waals surface area contributed by atoms with Crippen molar-refractivity contribution in [1.29, 1.82) is 0 Å². The Balaban J connectivity index is 1.44. The summed E-state index contributed by atoms with van der Waals surface area (Å²) in [5.74, 6) is -0.495. The summed E-state index contributed by atoms with van der Waals surface area (Å²) < 4.78 is 53.3. The van der Waals surface area contributed by atoms with Gasteiger partial charge in [-0.1, -0.05) is 42.5 Å². The van der Waals surface area contributed by atoms with Gasteiger partial charge >= 0.3 is 12.1 Å². The molecule has 3 aromatic rings. The molecule has 0 aliphatic heterocycles. The highest BCUT2D eigenvalue weighted by atomic mass is 19.4. The standard InChI is InChI=1S/C30H30F3NO4/c31-30(32,33)25-15-13-22(14-16-25)21-9-11-23(12-10-21)29(37)34(26-17-18-26)20-24-6-3-4-7-27(24)38-19-5-1-2-8-28(35)36/h3-4,6-7,9-16,26H,1-2,5,8,17-20H2,(H,35,36)/i26D. The summed E-state index contributed by atoms with van der Waals surface area (Å²) in [5, 5.41) is 8.75. The summed E-state index contributed by atoms with van der Waals surface area (Å²) in [6.07, 6.45) is -1.12. The van der Waals surface area contributed by atoms with E-state index >= 15 is 0 Å². The van der Waals surface area contributed by atoms with Gasteiger partial charge in [0.05, 0.1) is 13.5 Å². The first kappa shape index (κ1) is 25.8. The predicted octanol–water partition coefficient (Wildman–Crippen LogP) is 7.20. The van der Waals surface area contributed by atoms with Crippen molar-refractivity contribution in [1.82, 2.24) is 4.90 Å². The van der Waals surface area contributed by atoms with Crippen molar-refractivity contribution < 1.29 is 34.0 Å². The lowest BCUT2D eigenvalue weighted by Gasteiger charge is -2.24. The molecule has 1 aliphatic carbocycles. The second-order valence-corrected chi connectivity index (χ2v) is 9.27. The maximum Gasteiger partial charge on any atom is 0.416 e. The van der Waals surface area contributed by atoms with Gasteiger partial charge in [0, 0.05) is 30.1 Å². The maximum absolute atomic E-state index is 13.5. The molecule has 200 valence electrons. The summed E-state index contributed by atoms with van der Waals surface area (Å²) in [6, 6.07) is 17.9. The maximum atomic E-state index is 13.5. The van der Waals surface area contributed by atoms with E-state index in [9.17, 15) is 22.8 Å². The molecule has 0 heterocycles. The molecule has 5 nitrogen and oxygen atoms in total. The molecular weight excluding hydrogens is 495 g/mol. The number of benzene rings is 3. The largest absolute Gasteiger partial charge is 0.493 e. The van der Waals surface area contributed by atoms with E-state index in [1.807, 2.05) is 24.3 Å². The van der Waals surface area contributed by atoms with Crippen LogP contribution in [0.1, 0.15) is 61.4 Å². The first-order valence-electron chi connectivity index (χ1n) is 13.1. The summed E-state index contributed by atoms with van der Waals surface area (Å²) in [5.41, 5.74) is 1.73. The minimum atomic E-state index is -4.40. The van der Waals surface area contributed by atoms with Crippen molar-refractivity contribution in [3.05, 3.63) is 89.5 Å². The summed E-state index contributed by atoms with van der Waals surface area (Å²) in [4.78, 5) is 25.7. The number of nitrogens with zero attached hydrogens (tertiary/aromatic N) is 1. The molecule has 1 aliphatic rings. The third kappa shape index (κ3) is 7.37. The minimum Gasteiger partial charge on any atom is -0.493 e. The van der Waals surface area contributed by atoms with Crippen LogP contribution in [0.4, 0.5) is 13.2 Å². The predicted molar refractivity (Wildman–Crippen MR) is 138 cm³/mol. The van der Waals surface area contributed by atoms with Crippen LogP contribution in [-0.4, -0.2) is 34.5 Å². The molecule has 3 aromatic carbocycles. The number of amides is 1. The van der Waals surface area contributed by atoms with E-state index in [2.05, 4.69) is 0 Å². The second-order valence-electron chi connectivity index (χ2n) is 9.27. The van der Waals surface area contributed by atoms with Gasteiger partial charge in [-0.15, -0.1) is 0 Å². The normalized spacial score (nSPS) is 14.4. The zero-order valence-electron chi connectivity index (χ0n) is 21.8. The number of carboxylic acids is 1. The van der Waals surface area contributed by atoms with E-state index in [-0.39, 0.29) is 18.9 Å². The SMILES string of the molecule is [2H]C1(N(Cc2ccccc2OCCCCCC(=O)O)C(=O)c2ccc(-c3ccc(C(F)(F)F)cc3)cc2)CC1. The van der Waals surface area contributed by atoms with Crippen molar-refractivity contribution in [2.45, 2.75) is 57.3 Å². The van der Waals surface area contributed by atoms with E-state index in [0.29, 0.717) is 54.7 Å². The smallest absolute Gasteiger partial charge is 0.416 e. The average molecular weight is 527 g/mol. The lowest BCUT2D eigenvalue weighted by atomic mass is 10.0. The van der Waals surface area contributed by atoms with Crippen LogP contribution in [0.25, 0.3) is 11.1 Å². The highest BCUT2D eigenvalue weighted by Crippen LogP contribution is 2.33. The van der Waals surface area contributed by atoms with E-state index in [0.717, 1.165) is 24.1 Å². The van der Waals surface area contributed by atoms with E-state index < -0.39 is 23.7 Å². The Morgan fingerprint density at radius 1 is 0.921 bits per heavy atom. The highest BCUT2D eigenvalue weighted by molar-refractivity contribution is 5.95. The topological polar surface area (TPSA) is 66.8 Å². The molecule has 1 saturated carbocycles. The first-order chi connectivity index (χ1) is 18.6. The molecule has 0 bridgehead atoms. The Bertz CT molecular complexity index is 1290. The second kappa shape index (κ2) is 12.2. The fourth-order valence-electron chi connectivity index (χ4n) is 4.15. The fourth-order valence-corrected chi connectivity index (χ4v) is 4.15. The van der Waals surface area contributed by atoms with Gasteiger partial charge in [0.1, 0.15) is 5.75 Å². The Kier molecular flexibility index (Phi) is 8.26. The molecular formula is C30H30F3NO4. The zero-order valence-corrected chi connectivity index (χ0v) is 20.8. The number of carbonyl (C=O) groups is 2. The van der Waals surface area contributed by atoms with Gasteiger partial charge in [-0.25, -0.2) is 0 Å². The molecule has 0 spiro atoms. The molecule has 0 unspecified atom stereocenters.